The average Bonchev–Trinajstić information content (AvgIpc) is 2.95. The Morgan fingerprint density at radius 2 is 1.90 bits per heavy atom. The number of hydrogen-bond donors (Lipinski definition) is 0. The minimum Gasteiger partial charge on any atom is -0.294 e. The van der Waals surface area contributed by atoms with Crippen molar-refractivity contribution in [2.45, 2.75) is 39.7 Å². The predicted molar refractivity (Wildman–Crippen MR) is 80.9 cm³/mol. The smallest absolute Gasteiger partial charge is 0.166 e. The van der Waals surface area contributed by atoms with Crippen molar-refractivity contribution in [2.75, 3.05) is 0 Å². The molecule has 0 fully saturated rings. The van der Waals surface area contributed by atoms with Crippen molar-refractivity contribution in [2.24, 2.45) is 5.92 Å². The number of nitrogens with zero attached hydrogens (tertiary/aromatic N) is 2. The van der Waals surface area contributed by atoms with Gasteiger partial charge in [-0.05, 0) is 19.4 Å². The highest BCUT2D eigenvalue weighted by molar-refractivity contribution is 5.97. The molecule has 2 unspecified atom stereocenters. The van der Waals surface area contributed by atoms with Gasteiger partial charge in [0.15, 0.2) is 5.78 Å². The van der Waals surface area contributed by atoms with Crippen LogP contribution in [0.3, 0.4) is 0 Å². The molecule has 2 rings (SSSR count). The average molecular weight is 270 g/mol. The first-order valence-electron chi connectivity index (χ1n) is 7.25. The lowest BCUT2D eigenvalue weighted by Crippen LogP contribution is -2.14. The van der Waals surface area contributed by atoms with Crippen LogP contribution >= 0.6 is 0 Å². The molecule has 0 spiro atoms. The van der Waals surface area contributed by atoms with Crippen molar-refractivity contribution in [1.82, 2.24) is 9.78 Å². The lowest BCUT2D eigenvalue weighted by molar-refractivity contribution is 0.0928. The Bertz CT molecular complexity index is 559. The van der Waals surface area contributed by atoms with Crippen LogP contribution in [0, 0.1) is 5.92 Å². The van der Waals surface area contributed by atoms with Crippen LogP contribution in [0.2, 0.25) is 0 Å². The van der Waals surface area contributed by atoms with Crippen LogP contribution in [0.4, 0.5) is 0 Å². The number of carbonyl (C=O) groups excluding carboxylic acids is 1. The molecule has 1 aromatic heterocycles. The normalized spacial score (nSPS) is 13.9. The van der Waals surface area contributed by atoms with Gasteiger partial charge in [0.05, 0.1) is 5.69 Å². The fourth-order valence-electron chi connectivity index (χ4n) is 2.21. The van der Waals surface area contributed by atoms with Crippen LogP contribution in [0.1, 0.15) is 49.3 Å². The third-order valence-corrected chi connectivity index (χ3v) is 3.73. The van der Waals surface area contributed by atoms with Crippen molar-refractivity contribution < 1.29 is 4.79 Å². The summed E-state index contributed by atoms with van der Waals surface area (Å²) in [4.78, 5) is 12.3. The van der Waals surface area contributed by atoms with Gasteiger partial charge in [0.1, 0.15) is 0 Å². The third-order valence-electron chi connectivity index (χ3n) is 3.73. The SMILES string of the molecule is CCC(C)n1ccc(CC(C)C(=O)c2ccccc2)n1. The molecule has 0 radical (unpaired) electrons. The Labute approximate surface area is 120 Å². The van der Waals surface area contributed by atoms with E-state index in [2.05, 4.69) is 18.9 Å². The van der Waals surface area contributed by atoms with Gasteiger partial charge in [-0.15, -0.1) is 0 Å². The lowest BCUT2D eigenvalue weighted by atomic mass is 9.95. The summed E-state index contributed by atoms with van der Waals surface area (Å²) in [6.07, 6.45) is 3.75. The Morgan fingerprint density at radius 3 is 2.55 bits per heavy atom. The van der Waals surface area contributed by atoms with E-state index in [4.69, 9.17) is 0 Å². The van der Waals surface area contributed by atoms with E-state index in [1.165, 1.54) is 0 Å². The number of aromatic nitrogens is 2. The molecular weight excluding hydrogens is 248 g/mol. The molecule has 3 heteroatoms. The molecule has 1 aromatic carbocycles. The lowest BCUT2D eigenvalue weighted by Gasteiger charge is -2.10. The number of ketones is 1. The minimum atomic E-state index is -0.0438. The summed E-state index contributed by atoms with van der Waals surface area (Å²) in [7, 11) is 0. The highest BCUT2D eigenvalue weighted by atomic mass is 16.1. The van der Waals surface area contributed by atoms with E-state index < -0.39 is 0 Å². The molecular formula is C17H22N2O. The van der Waals surface area contributed by atoms with Crippen molar-refractivity contribution in [3.05, 3.63) is 53.9 Å². The maximum Gasteiger partial charge on any atom is 0.166 e. The first-order valence-corrected chi connectivity index (χ1v) is 7.25. The largest absolute Gasteiger partial charge is 0.294 e. The van der Waals surface area contributed by atoms with Gasteiger partial charge in [-0.1, -0.05) is 44.2 Å². The van der Waals surface area contributed by atoms with Crippen molar-refractivity contribution in [3.63, 3.8) is 0 Å². The molecule has 2 aromatic rings. The topological polar surface area (TPSA) is 34.9 Å². The van der Waals surface area contributed by atoms with E-state index in [0.717, 1.165) is 17.7 Å². The number of benzene rings is 1. The van der Waals surface area contributed by atoms with Crippen LogP contribution in [0.25, 0.3) is 0 Å². The van der Waals surface area contributed by atoms with Gasteiger partial charge in [0.2, 0.25) is 0 Å². The summed E-state index contributed by atoms with van der Waals surface area (Å²) in [5.41, 5.74) is 1.77. The highest BCUT2D eigenvalue weighted by Gasteiger charge is 2.17. The quantitative estimate of drug-likeness (QED) is 0.746. The molecule has 0 aliphatic carbocycles. The number of hydrogen-bond acceptors (Lipinski definition) is 2. The second-order valence-corrected chi connectivity index (χ2v) is 5.38. The second-order valence-electron chi connectivity index (χ2n) is 5.38. The minimum absolute atomic E-state index is 0.0438. The van der Waals surface area contributed by atoms with E-state index >= 15 is 0 Å². The first-order chi connectivity index (χ1) is 9.61. The Morgan fingerprint density at radius 1 is 1.20 bits per heavy atom. The van der Waals surface area contributed by atoms with Crippen molar-refractivity contribution in [3.8, 4) is 0 Å². The summed E-state index contributed by atoms with van der Waals surface area (Å²) in [5.74, 6) is 0.140. The van der Waals surface area contributed by atoms with Crippen molar-refractivity contribution >= 4 is 5.78 Å². The number of rotatable bonds is 6. The molecule has 0 saturated heterocycles. The molecule has 0 saturated carbocycles. The molecule has 0 N–H and O–H groups in total. The zero-order valence-electron chi connectivity index (χ0n) is 12.4. The van der Waals surface area contributed by atoms with Gasteiger partial charge in [-0.25, -0.2) is 0 Å². The van der Waals surface area contributed by atoms with Crippen LogP contribution in [-0.4, -0.2) is 15.6 Å². The molecule has 0 aliphatic heterocycles. The highest BCUT2D eigenvalue weighted by Crippen LogP contribution is 2.15. The van der Waals surface area contributed by atoms with Crippen LogP contribution in [-0.2, 0) is 6.42 Å². The fourth-order valence-corrected chi connectivity index (χ4v) is 2.21. The van der Waals surface area contributed by atoms with E-state index in [0.29, 0.717) is 12.5 Å². The molecule has 2 atom stereocenters. The molecule has 0 aliphatic rings. The maximum atomic E-state index is 12.3. The summed E-state index contributed by atoms with van der Waals surface area (Å²) in [6, 6.07) is 11.9. The Hall–Kier alpha value is -1.90. The van der Waals surface area contributed by atoms with Gasteiger partial charge < -0.3 is 0 Å². The van der Waals surface area contributed by atoms with E-state index in [9.17, 15) is 4.79 Å². The van der Waals surface area contributed by atoms with E-state index in [-0.39, 0.29) is 11.7 Å². The van der Waals surface area contributed by atoms with Gasteiger partial charge in [0.25, 0.3) is 0 Å². The molecule has 0 amide bonds. The summed E-state index contributed by atoms with van der Waals surface area (Å²) >= 11 is 0. The molecule has 106 valence electrons. The monoisotopic (exact) mass is 270 g/mol. The zero-order chi connectivity index (χ0) is 14.5. The first kappa shape index (κ1) is 14.5. The maximum absolute atomic E-state index is 12.3. The predicted octanol–water partition coefficient (Wildman–Crippen LogP) is 3.92. The third kappa shape index (κ3) is 3.35. The molecule has 1 heterocycles. The van der Waals surface area contributed by atoms with Gasteiger partial charge in [-0.3, -0.25) is 9.48 Å². The molecule has 0 bridgehead atoms. The number of Topliss-reactive ketones (excluding diaryl/α,β-unsaturated/α-hetero) is 1. The zero-order valence-corrected chi connectivity index (χ0v) is 12.4. The van der Waals surface area contributed by atoms with Gasteiger partial charge >= 0.3 is 0 Å². The summed E-state index contributed by atoms with van der Waals surface area (Å²) in [6.45, 7) is 6.26. The summed E-state index contributed by atoms with van der Waals surface area (Å²) in [5, 5.41) is 4.56. The van der Waals surface area contributed by atoms with Gasteiger partial charge in [0, 0.05) is 30.1 Å². The van der Waals surface area contributed by atoms with Crippen LogP contribution in [0.5, 0.6) is 0 Å². The molecule has 20 heavy (non-hydrogen) atoms. The Kier molecular flexibility index (Phi) is 4.72. The molecule has 3 nitrogen and oxygen atoms in total. The van der Waals surface area contributed by atoms with Crippen LogP contribution < -0.4 is 0 Å². The van der Waals surface area contributed by atoms with E-state index in [1.54, 1.807) is 0 Å². The van der Waals surface area contributed by atoms with Crippen molar-refractivity contribution in [1.29, 1.82) is 0 Å². The van der Waals surface area contributed by atoms with Crippen LogP contribution in [0.15, 0.2) is 42.6 Å². The number of carbonyl (C=O) groups is 1. The fraction of sp³-hybridized carbons (Fsp3) is 0.412. The second kappa shape index (κ2) is 6.51. The van der Waals surface area contributed by atoms with Gasteiger partial charge in [-0.2, -0.15) is 5.10 Å². The standard InChI is InChI=1S/C17H22N2O/c1-4-14(3)19-11-10-16(18-19)12-13(2)17(20)15-8-6-5-7-9-15/h5-11,13-14H,4,12H2,1-3H3. The summed E-state index contributed by atoms with van der Waals surface area (Å²) < 4.78 is 1.98. The van der Waals surface area contributed by atoms with E-state index in [1.807, 2.05) is 54.2 Å². The Balaban J connectivity index is 2.03.